The van der Waals surface area contributed by atoms with Crippen LogP contribution in [0.4, 0.5) is 10.8 Å². The summed E-state index contributed by atoms with van der Waals surface area (Å²) in [6.45, 7) is 3.86. The molecule has 0 spiro atoms. The molecule has 11 nitrogen and oxygen atoms in total. The van der Waals surface area contributed by atoms with E-state index in [0.29, 0.717) is 22.9 Å². The largest absolute Gasteiger partial charge is 0.454 e. The van der Waals surface area contributed by atoms with Crippen LogP contribution in [0.5, 0.6) is 11.5 Å². The van der Waals surface area contributed by atoms with Crippen molar-refractivity contribution in [2.45, 2.75) is 26.3 Å². The van der Waals surface area contributed by atoms with Crippen molar-refractivity contribution in [2.75, 3.05) is 12.1 Å². The van der Waals surface area contributed by atoms with Crippen LogP contribution < -0.4 is 20.1 Å². The van der Waals surface area contributed by atoms with Gasteiger partial charge >= 0.3 is 0 Å². The molecule has 1 aromatic heterocycles. The molecule has 0 radical (unpaired) electrons. The molecule has 0 saturated carbocycles. The minimum Gasteiger partial charge on any atom is -0.454 e. The number of ether oxygens (including phenoxy) is 2. The number of carbonyl (C=O) groups is 2. The zero-order valence-corrected chi connectivity index (χ0v) is 20.2. The van der Waals surface area contributed by atoms with Crippen molar-refractivity contribution in [3.05, 3.63) is 57.1 Å². The molecule has 2 unspecified atom stereocenters. The third-order valence-electron chi connectivity index (χ3n) is 5.46. The van der Waals surface area contributed by atoms with Crippen LogP contribution in [-0.2, 0) is 4.79 Å². The molecule has 0 aliphatic carbocycles. The quantitative estimate of drug-likeness (QED) is 0.332. The van der Waals surface area contributed by atoms with Gasteiger partial charge in [-0.1, -0.05) is 43.2 Å². The minimum atomic E-state index is -0.906. The Balaban J connectivity index is 1.48. The fourth-order valence-corrected chi connectivity index (χ4v) is 4.33. The Morgan fingerprint density at radius 2 is 1.97 bits per heavy atom. The van der Waals surface area contributed by atoms with E-state index in [9.17, 15) is 19.7 Å². The van der Waals surface area contributed by atoms with E-state index in [2.05, 4.69) is 20.8 Å². The maximum atomic E-state index is 13.1. The molecule has 1 aliphatic heterocycles. The van der Waals surface area contributed by atoms with Crippen molar-refractivity contribution in [1.29, 1.82) is 0 Å². The van der Waals surface area contributed by atoms with Crippen LogP contribution in [0.3, 0.4) is 0 Å². The summed E-state index contributed by atoms with van der Waals surface area (Å²) in [5.41, 5.74) is 0.545. The molecular weight excluding hydrogens is 498 g/mol. The molecule has 13 heteroatoms. The maximum absolute atomic E-state index is 13.1. The van der Waals surface area contributed by atoms with Gasteiger partial charge in [-0.2, -0.15) is 0 Å². The first-order valence-electron chi connectivity index (χ1n) is 10.6. The Hall–Kier alpha value is -3.77. The summed E-state index contributed by atoms with van der Waals surface area (Å²) in [5.74, 6) is -0.0698. The normalized spacial score (nSPS) is 13.7. The van der Waals surface area contributed by atoms with Gasteiger partial charge in [0.15, 0.2) is 11.5 Å². The molecule has 2 N–H and O–H groups in total. The molecule has 0 bridgehead atoms. The molecule has 2 heterocycles. The van der Waals surface area contributed by atoms with Gasteiger partial charge in [-0.25, -0.2) is 0 Å². The molecule has 2 amide bonds. The Labute approximate surface area is 208 Å². The third kappa shape index (κ3) is 5.33. The summed E-state index contributed by atoms with van der Waals surface area (Å²) >= 11 is 7.24. The lowest BCUT2D eigenvalue weighted by Gasteiger charge is -2.23. The Morgan fingerprint density at radius 1 is 1.20 bits per heavy atom. The van der Waals surface area contributed by atoms with Crippen molar-refractivity contribution in [1.82, 2.24) is 15.5 Å². The number of hydrogen-bond acceptors (Lipinski definition) is 9. The number of benzene rings is 2. The number of fused-ring (bicyclic) bond motifs is 1. The van der Waals surface area contributed by atoms with E-state index >= 15 is 0 Å². The van der Waals surface area contributed by atoms with Crippen molar-refractivity contribution in [2.24, 2.45) is 5.92 Å². The summed E-state index contributed by atoms with van der Waals surface area (Å²) in [5, 5.41) is 25.2. The van der Waals surface area contributed by atoms with Crippen LogP contribution in [0, 0.1) is 16.0 Å². The maximum Gasteiger partial charge on any atom is 0.270 e. The van der Waals surface area contributed by atoms with E-state index in [-0.39, 0.29) is 34.1 Å². The molecular formula is C22H20ClN5O6S. The molecule has 2 atom stereocenters. The summed E-state index contributed by atoms with van der Waals surface area (Å²) in [4.78, 5) is 36.2. The molecule has 3 aromatic rings. The lowest BCUT2D eigenvalue weighted by molar-refractivity contribution is -0.384. The molecule has 1 aliphatic rings. The summed E-state index contributed by atoms with van der Waals surface area (Å²) in [6, 6.07) is 7.99. The summed E-state index contributed by atoms with van der Waals surface area (Å²) in [7, 11) is 0. The third-order valence-corrected chi connectivity index (χ3v) is 6.67. The van der Waals surface area contributed by atoms with Crippen LogP contribution in [-0.4, -0.2) is 39.8 Å². The first kappa shape index (κ1) is 24.4. The number of nitrogens with one attached hydrogen (secondary N) is 2. The topological polar surface area (TPSA) is 146 Å². The molecule has 35 heavy (non-hydrogen) atoms. The van der Waals surface area contributed by atoms with Gasteiger partial charge in [0.2, 0.25) is 17.8 Å². The van der Waals surface area contributed by atoms with Gasteiger partial charge in [0, 0.05) is 17.7 Å². The van der Waals surface area contributed by atoms with E-state index in [1.165, 1.54) is 23.5 Å². The van der Waals surface area contributed by atoms with Crippen LogP contribution in [0.1, 0.15) is 30.6 Å². The number of nitro groups is 1. The van der Waals surface area contributed by atoms with E-state index in [1.807, 2.05) is 19.9 Å². The monoisotopic (exact) mass is 517 g/mol. The minimum absolute atomic E-state index is 0.0272. The number of aromatic nitrogens is 2. The molecule has 182 valence electrons. The summed E-state index contributed by atoms with van der Waals surface area (Å²) in [6.07, 6.45) is 0.602. The molecule has 2 aromatic carbocycles. The van der Waals surface area contributed by atoms with E-state index in [4.69, 9.17) is 21.1 Å². The second-order valence-corrected chi connectivity index (χ2v) is 9.11. The van der Waals surface area contributed by atoms with Gasteiger partial charge in [0.1, 0.15) is 11.0 Å². The second kappa shape index (κ2) is 10.2. The standard InChI is InChI=1S/C22H20ClN5O6S/c1-3-11(2)18(24-19(29)14-6-5-13(28(31)32)9-15(14)23)20(30)25-22-27-26-21(35-22)12-4-7-16-17(8-12)34-10-33-16/h4-9,11,18H,3,10H2,1-2H3,(H,24,29)(H,25,27,30). The van der Waals surface area contributed by atoms with Crippen molar-refractivity contribution < 1.29 is 24.0 Å². The highest BCUT2D eigenvalue weighted by atomic mass is 35.5. The Kier molecular flexibility index (Phi) is 7.12. The number of carbonyl (C=O) groups excluding carboxylic acids is 2. The fourth-order valence-electron chi connectivity index (χ4n) is 3.33. The van der Waals surface area contributed by atoms with Gasteiger partial charge in [0.25, 0.3) is 11.6 Å². The lowest BCUT2D eigenvalue weighted by Crippen LogP contribution is -2.47. The zero-order chi connectivity index (χ0) is 25.1. The predicted molar refractivity (Wildman–Crippen MR) is 129 cm³/mol. The van der Waals surface area contributed by atoms with Gasteiger partial charge in [0.05, 0.1) is 15.5 Å². The van der Waals surface area contributed by atoms with Crippen LogP contribution in [0.2, 0.25) is 5.02 Å². The van der Waals surface area contributed by atoms with E-state index in [0.717, 1.165) is 11.6 Å². The number of nitro benzene ring substituents is 1. The number of halogens is 1. The van der Waals surface area contributed by atoms with Gasteiger partial charge in [-0.05, 0) is 30.2 Å². The Bertz CT molecular complexity index is 1300. The summed E-state index contributed by atoms with van der Waals surface area (Å²) < 4.78 is 10.7. The van der Waals surface area contributed by atoms with Gasteiger partial charge in [-0.3, -0.25) is 25.0 Å². The number of anilines is 1. The van der Waals surface area contributed by atoms with Crippen LogP contribution >= 0.6 is 22.9 Å². The van der Waals surface area contributed by atoms with Crippen molar-refractivity contribution >= 4 is 45.6 Å². The van der Waals surface area contributed by atoms with Crippen LogP contribution in [0.15, 0.2) is 36.4 Å². The number of non-ortho nitro benzene ring substituents is 1. The van der Waals surface area contributed by atoms with Crippen molar-refractivity contribution in [3.8, 4) is 22.1 Å². The number of amides is 2. The molecule has 4 rings (SSSR count). The fraction of sp³-hybridized carbons (Fsp3) is 0.273. The molecule has 0 fully saturated rings. The van der Waals surface area contributed by atoms with Crippen LogP contribution in [0.25, 0.3) is 10.6 Å². The van der Waals surface area contributed by atoms with Gasteiger partial charge < -0.3 is 14.8 Å². The highest BCUT2D eigenvalue weighted by Crippen LogP contribution is 2.37. The van der Waals surface area contributed by atoms with E-state index in [1.54, 1.807) is 12.1 Å². The first-order valence-corrected chi connectivity index (χ1v) is 11.8. The number of nitrogens with zero attached hydrogens (tertiary/aromatic N) is 3. The number of rotatable bonds is 8. The average Bonchev–Trinajstić information content (AvgIpc) is 3.50. The SMILES string of the molecule is CCC(C)C(NC(=O)c1ccc([N+](=O)[O-])cc1Cl)C(=O)Nc1nnc(-c2ccc3c(c2)OCO3)s1. The first-order chi connectivity index (χ1) is 16.8. The average molecular weight is 518 g/mol. The van der Waals surface area contributed by atoms with Gasteiger partial charge in [-0.15, -0.1) is 10.2 Å². The predicted octanol–water partition coefficient (Wildman–Crippen LogP) is 4.28. The highest BCUT2D eigenvalue weighted by molar-refractivity contribution is 7.18. The number of hydrogen-bond donors (Lipinski definition) is 2. The Morgan fingerprint density at radius 3 is 2.69 bits per heavy atom. The molecule has 0 saturated heterocycles. The zero-order valence-electron chi connectivity index (χ0n) is 18.6. The van der Waals surface area contributed by atoms with Crippen molar-refractivity contribution in [3.63, 3.8) is 0 Å². The van der Waals surface area contributed by atoms with E-state index < -0.39 is 22.8 Å². The second-order valence-electron chi connectivity index (χ2n) is 7.73. The lowest BCUT2D eigenvalue weighted by atomic mass is 9.98. The smallest absolute Gasteiger partial charge is 0.270 e. The highest BCUT2D eigenvalue weighted by Gasteiger charge is 2.28.